The second-order valence-electron chi connectivity index (χ2n) is 11.4. The molecule has 5 amide bonds. The van der Waals surface area contributed by atoms with Crippen LogP contribution in [-0.2, 0) is 24.0 Å². The summed E-state index contributed by atoms with van der Waals surface area (Å²) in [5, 5.41) is 13.8. The van der Waals surface area contributed by atoms with E-state index in [4.69, 9.17) is 18.9 Å². The SMILES string of the molecule is CC(C)C(=O)N[C@H](CCC(=O)Nc1ccc2c(c1)OCO2)C(=O)N[C@H](CCC(=O)Nc1ccc2c(c1)OCO2)C(=O)NC1CC1. The van der Waals surface area contributed by atoms with Crippen LogP contribution in [0.5, 0.6) is 23.0 Å². The van der Waals surface area contributed by atoms with Crippen LogP contribution < -0.4 is 45.5 Å². The van der Waals surface area contributed by atoms with Crippen LogP contribution >= 0.6 is 0 Å². The Morgan fingerprint density at radius 1 is 0.667 bits per heavy atom. The molecule has 0 saturated heterocycles. The van der Waals surface area contributed by atoms with Gasteiger partial charge < -0.3 is 45.5 Å². The third kappa shape index (κ3) is 8.77. The Bertz CT molecular complexity index is 1460. The van der Waals surface area contributed by atoms with Crippen LogP contribution in [-0.4, -0.2) is 61.2 Å². The van der Waals surface area contributed by atoms with Crippen molar-refractivity contribution in [2.75, 3.05) is 24.2 Å². The zero-order valence-electron chi connectivity index (χ0n) is 25.1. The zero-order chi connectivity index (χ0) is 31.9. The predicted molar refractivity (Wildman–Crippen MR) is 161 cm³/mol. The first kappa shape index (κ1) is 31.4. The summed E-state index contributed by atoms with van der Waals surface area (Å²) < 4.78 is 21.3. The van der Waals surface area contributed by atoms with Gasteiger partial charge in [-0.1, -0.05) is 13.8 Å². The van der Waals surface area contributed by atoms with E-state index in [1.165, 1.54) is 0 Å². The van der Waals surface area contributed by atoms with Crippen molar-refractivity contribution in [3.05, 3.63) is 36.4 Å². The van der Waals surface area contributed by atoms with Crippen LogP contribution in [0, 0.1) is 5.92 Å². The van der Waals surface area contributed by atoms with Crippen molar-refractivity contribution in [3.8, 4) is 23.0 Å². The molecule has 0 aromatic heterocycles. The van der Waals surface area contributed by atoms with Crippen molar-refractivity contribution in [1.29, 1.82) is 0 Å². The summed E-state index contributed by atoms with van der Waals surface area (Å²) in [6, 6.07) is 7.88. The molecule has 1 aliphatic carbocycles. The molecule has 2 heterocycles. The van der Waals surface area contributed by atoms with Crippen molar-refractivity contribution < 1.29 is 42.9 Å². The van der Waals surface area contributed by atoms with Crippen LogP contribution in [0.1, 0.15) is 52.4 Å². The fourth-order valence-electron chi connectivity index (χ4n) is 4.62. The fraction of sp³-hybridized carbons (Fsp3) is 0.452. The normalized spacial score (nSPS) is 15.5. The molecule has 45 heavy (non-hydrogen) atoms. The van der Waals surface area contributed by atoms with Crippen molar-refractivity contribution in [2.24, 2.45) is 5.92 Å². The number of carbonyl (C=O) groups is 5. The molecule has 2 aromatic carbocycles. The third-order valence-corrected chi connectivity index (χ3v) is 7.35. The van der Waals surface area contributed by atoms with Gasteiger partial charge in [-0.05, 0) is 49.9 Å². The van der Waals surface area contributed by atoms with Gasteiger partial charge in [0, 0.05) is 48.3 Å². The average Bonchev–Trinajstić information content (AvgIpc) is 3.48. The number of rotatable bonds is 14. The molecule has 0 bridgehead atoms. The molecular formula is C31H37N5O9. The maximum absolute atomic E-state index is 13.5. The highest BCUT2D eigenvalue weighted by molar-refractivity contribution is 5.95. The van der Waals surface area contributed by atoms with Gasteiger partial charge in [-0.15, -0.1) is 0 Å². The van der Waals surface area contributed by atoms with E-state index in [-0.39, 0.29) is 63.0 Å². The van der Waals surface area contributed by atoms with E-state index in [0.29, 0.717) is 34.4 Å². The fourth-order valence-corrected chi connectivity index (χ4v) is 4.62. The molecule has 1 fully saturated rings. The molecule has 14 heteroatoms. The molecule has 5 rings (SSSR count). The Morgan fingerprint density at radius 2 is 1.13 bits per heavy atom. The number of benzene rings is 2. The van der Waals surface area contributed by atoms with Gasteiger partial charge in [0.2, 0.25) is 43.1 Å². The van der Waals surface area contributed by atoms with E-state index in [1.54, 1.807) is 50.2 Å². The lowest BCUT2D eigenvalue weighted by molar-refractivity contribution is -0.133. The first-order chi connectivity index (χ1) is 21.6. The lowest BCUT2D eigenvalue weighted by atomic mass is 10.1. The molecule has 3 aliphatic rings. The van der Waals surface area contributed by atoms with Crippen LogP contribution in [0.25, 0.3) is 0 Å². The van der Waals surface area contributed by atoms with Crippen molar-refractivity contribution in [3.63, 3.8) is 0 Å². The van der Waals surface area contributed by atoms with Crippen LogP contribution in [0.3, 0.4) is 0 Å². The summed E-state index contributed by atoms with van der Waals surface area (Å²) in [4.78, 5) is 64.6. The number of carbonyl (C=O) groups excluding carboxylic acids is 5. The third-order valence-electron chi connectivity index (χ3n) is 7.35. The van der Waals surface area contributed by atoms with Gasteiger partial charge in [0.25, 0.3) is 0 Å². The van der Waals surface area contributed by atoms with Crippen LogP contribution in [0.15, 0.2) is 36.4 Å². The van der Waals surface area contributed by atoms with Gasteiger partial charge in [-0.2, -0.15) is 0 Å². The van der Waals surface area contributed by atoms with E-state index in [0.717, 1.165) is 12.8 Å². The Labute approximate surface area is 259 Å². The number of fused-ring (bicyclic) bond motifs is 2. The summed E-state index contributed by atoms with van der Waals surface area (Å²) >= 11 is 0. The van der Waals surface area contributed by atoms with Crippen LogP contribution in [0.2, 0.25) is 0 Å². The number of ether oxygens (including phenoxy) is 4. The monoisotopic (exact) mass is 623 g/mol. The smallest absolute Gasteiger partial charge is 0.243 e. The average molecular weight is 624 g/mol. The van der Waals surface area contributed by atoms with E-state index in [1.807, 2.05) is 0 Å². The van der Waals surface area contributed by atoms with Gasteiger partial charge in [0.05, 0.1) is 0 Å². The Hall–Kier alpha value is -5.01. The molecule has 1 saturated carbocycles. The zero-order valence-corrected chi connectivity index (χ0v) is 25.1. The second-order valence-corrected chi connectivity index (χ2v) is 11.4. The summed E-state index contributed by atoms with van der Waals surface area (Å²) in [5.74, 6) is -0.418. The molecule has 14 nitrogen and oxygen atoms in total. The van der Waals surface area contributed by atoms with Gasteiger partial charge in [0.1, 0.15) is 12.1 Å². The topological polar surface area (TPSA) is 182 Å². The Kier molecular flexibility index (Phi) is 9.90. The van der Waals surface area contributed by atoms with Crippen molar-refractivity contribution in [2.45, 2.75) is 70.5 Å². The molecular weight excluding hydrogens is 586 g/mol. The molecule has 0 radical (unpaired) electrons. The number of anilines is 2. The number of nitrogens with one attached hydrogen (secondary N) is 5. The summed E-state index contributed by atoms with van der Waals surface area (Å²) in [7, 11) is 0. The highest BCUT2D eigenvalue weighted by atomic mass is 16.7. The van der Waals surface area contributed by atoms with E-state index in [9.17, 15) is 24.0 Å². The highest BCUT2D eigenvalue weighted by Gasteiger charge is 2.31. The van der Waals surface area contributed by atoms with Crippen LogP contribution in [0.4, 0.5) is 11.4 Å². The first-order valence-electron chi connectivity index (χ1n) is 14.9. The van der Waals surface area contributed by atoms with E-state index in [2.05, 4.69) is 26.6 Å². The lowest BCUT2D eigenvalue weighted by Gasteiger charge is -2.24. The van der Waals surface area contributed by atoms with Gasteiger partial charge in [0.15, 0.2) is 23.0 Å². The number of hydrogen-bond donors (Lipinski definition) is 5. The van der Waals surface area contributed by atoms with Gasteiger partial charge in [-0.25, -0.2) is 0 Å². The molecule has 0 unspecified atom stereocenters. The Balaban J connectivity index is 1.19. The molecule has 2 atom stereocenters. The predicted octanol–water partition coefficient (Wildman–Crippen LogP) is 2.19. The van der Waals surface area contributed by atoms with Gasteiger partial charge >= 0.3 is 0 Å². The van der Waals surface area contributed by atoms with Crippen molar-refractivity contribution >= 4 is 40.9 Å². The maximum atomic E-state index is 13.5. The number of amides is 5. The van der Waals surface area contributed by atoms with E-state index < -0.39 is 29.8 Å². The summed E-state index contributed by atoms with van der Waals surface area (Å²) in [6.45, 7) is 3.57. The maximum Gasteiger partial charge on any atom is 0.243 e. The minimum absolute atomic E-state index is 0.0100. The molecule has 2 aromatic rings. The second kappa shape index (κ2) is 14.2. The number of hydrogen-bond acceptors (Lipinski definition) is 9. The van der Waals surface area contributed by atoms with Gasteiger partial charge in [-0.3, -0.25) is 24.0 Å². The molecule has 5 N–H and O–H groups in total. The largest absolute Gasteiger partial charge is 0.454 e. The standard InChI is InChI=1S/C31H37N5O9/c1-17(2)29(39)35-22(8-12-28(38)33-20-6-10-24-26(14-20)45-16-43-24)31(41)36-21(30(40)34-18-3-4-18)7-11-27(37)32-19-5-9-23-25(13-19)44-15-42-23/h5-6,9-10,13-14,17-18,21-22H,3-4,7-8,11-12,15-16H2,1-2H3,(H,32,37)(H,33,38)(H,34,40)(H,35,39)(H,36,41)/t21-,22-/m1/s1. The summed E-state index contributed by atoms with van der Waals surface area (Å²) in [5.41, 5.74) is 0.995. The quantitative estimate of drug-likeness (QED) is 0.211. The first-order valence-corrected chi connectivity index (χ1v) is 14.9. The lowest BCUT2D eigenvalue weighted by Crippen LogP contribution is -2.54. The minimum Gasteiger partial charge on any atom is -0.454 e. The minimum atomic E-state index is -1.10. The molecule has 240 valence electrons. The van der Waals surface area contributed by atoms with Crippen molar-refractivity contribution in [1.82, 2.24) is 16.0 Å². The summed E-state index contributed by atoms with van der Waals surface area (Å²) in [6.07, 6.45) is 1.49. The highest BCUT2D eigenvalue weighted by Crippen LogP contribution is 2.35. The Morgan fingerprint density at radius 3 is 1.62 bits per heavy atom. The molecule has 2 aliphatic heterocycles. The van der Waals surface area contributed by atoms with E-state index >= 15 is 0 Å². The molecule has 0 spiro atoms.